The molecule has 0 N–H and O–H groups in total. The first-order chi connectivity index (χ1) is 8.22. The lowest BCUT2D eigenvalue weighted by atomic mass is 10.2. The largest absolute Gasteiger partial charge is 0.346 e. The molecule has 0 aliphatic rings. The molecule has 0 bridgehead atoms. The van der Waals surface area contributed by atoms with Crippen molar-refractivity contribution >= 4 is 10.9 Å². The summed E-state index contributed by atoms with van der Waals surface area (Å²) in [6.07, 6.45) is 1.95. The number of para-hydroxylation sites is 1. The summed E-state index contributed by atoms with van der Waals surface area (Å²) in [5.74, 6) is 0. The van der Waals surface area contributed by atoms with Crippen LogP contribution in [0.3, 0.4) is 0 Å². The van der Waals surface area contributed by atoms with Gasteiger partial charge in [0.1, 0.15) is 0 Å². The third-order valence-corrected chi connectivity index (χ3v) is 3.03. The average Bonchev–Trinajstić information content (AvgIpc) is 2.64. The van der Waals surface area contributed by atoms with Crippen molar-refractivity contribution in [1.29, 1.82) is 0 Å². The summed E-state index contributed by atoms with van der Waals surface area (Å²) in [6.45, 7) is 5.39. The molecule has 0 atom stereocenters. The highest BCUT2D eigenvalue weighted by atomic mass is 15.1. The van der Waals surface area contributed by atoms with Crippen LogP contribution < -0.4 is 0 Å². The van der Waals surface area contributed by atoms with Gasteiger partial charge >= 0.3 is 0 Å². The Morgan fingerprint density at radius 2 is 2.18 bits per heavy atom. The third-order valence-electron chi connectivity index (χ3n) is 3.03. The lowest BCUT2D eigenvalue weighted by Crippen LogP contribution is -2.19. The van der Waals surface area contributed by atoms with Gasteiger partial charge in [0.25, 0.3) is 0 Å². The van der Waals surface area contributed by atoms with Gasteiger partial charge < -0.3 is 4.57 Å². The second-order valence-electron chi connectivity index (χ2n) is 4.36. The number of hydrogen-bond acceptors (Lipinski definition) is 1. The van der Waals surface area contributed by atoms with Crippen molar-refractivity contribution in [2.24, 2.45) is 7.05 Å². The Hall–Kier alpha value is -1.76. The van der Waals surface area contributed by atoms with E-state index in [2.05, 4.69) is 66.2 Å². The normalized spacial score (nSPS) is 10.8. The summed E-state index contributed by atoms with van der Waals surface area (Å²) in [7, 11) is 4.22. The van der Waals surface area contributed by atoms with E-state index in [1.165, 1.54) is 16.6 Å². The van der Waals surface area contributed by atoms with E-state index in [1.807, 2.05) is 6.08 Å². The quantitative estimate of drug-likeness (QED) is 0.728. The molecule has 17 heavy (non-hydrogen) atoms. The second-order valence-corrected chi connectivity index (χ2v) is 4.36. The van der Waals surface area contributed by atoms with Crippen LogP contribution in [0.15, 0.2) is 48.7 Å². The molecule has 0 aliphatic carbocycles. The van der Waals surface area contributed by atoms with Crippen LogP contribution in [0.1, 0.15) is 5.69 Å². The van der Waals surface area contributed by atoms with Crippen LogP contribution in [0, 0.1) is 0 Å². The number of benzene rings is 1. The van der Waals surface area contributed by atoms with Gasteiger partial charge in [-0.05, 0) is 30.6 Å². The standard InChI is InChI=1S/C15H18N2/c1-4-5-10-16(2)12-14-11-13-8-6-7-9-15(13)17(14)3/h5-9,11H,1,10,12H2,2-3H3. The van der Waals surface area contributed by atoms with E-state index in [0.717, 1.165) is 13.1 Å². The SMILES string of the molecule is C=C=CCN(C)Cc1cc2ccccc2n1C. The zero-order valence-electron chi connectivity index (χ0n) is 10.5. The Morgan fingerprint density at radius 3 is 2.88 bits per heavy atom. The maximum absolute atomic E-state index is 3.58. The highest BCUT2D eigenvalue weighted by molar-refractivity contribution is 5.81. The third kappa shape index (κ3) is 2.50. The van der Waals surface area contributed by atoms with Gasteiger partial charge in [-0.1, -0.05) is 24.8 Å². The van der Waals surface area contributed by atoms with Crippen molar-refractivity contribution in [2.45, 2.75) is 6.54 Å². The van der Waals surface area contributed by atoms with Gasteiger partial charge in [-0.3, -0.25) is 4.90 Å². The topological polar surface area (TPSA) is 8.17 Å². The van der Waals surface area contributed by atoms with Gasteiger partial charge in [0.15, 0.2) is 0 Å². The fraction of sp³-hybridized carbons (Fsp3) is 0.267. The first kappa shape index (κ1) is 11.7. The van der Waals surface area contributed by atoms with Gasteiger partial charge in [0.05, 0.1) is 0 Å². The van der Waals surface area contributed by atoms with Gasteiger partial charge in [-0.25, -0.2) is 0 Å². The lowest BCUT2D eigenvalue weighted by Gasteiger charge is -2.14. The maximum atomic E-state index is 3.58. The molecule has 0 radical (unpaired) electrons. The molecule has 1 heterocycles. The fourth-order valence-electron chi connectivity index (χ4n) is 2.06. The Labute approximate surface area is 102 Å². The number of hydrogen-bond donors (Lipinski definition) is 0. The molecule has 0 spiro atoms. The maximum Gasteiger partial charge on any atom is 0.0480 e. The fourth-order valence-corrected chi connectivity index (χ4v) is 2.06. The number of aryl methyl sites for hydroxylation is 1. The van der Waals surface area contributed by atoms with Crippen molar-refractivity contribution in [3.05, 3.63) is 54.4 Å². The molecule has 0 unspecified atom stereocenters. The van der Waals surface area contributed by atoms with Crippen LogP contribution in [0.2, 0.25) is 0 Å². The minimum Gasteiger partial charge on any atom is -0.346 e. The Balaban J connectivity index is 2.24. The number of nitrogens with zero attached hydrogens (tertiary/aromatic N) is 2. The Morgan fingerprint density at radius 1 is 1.41 bits per heavy atom. The van der Waals surface area contributed by atoms with Crippen LogP contribution in [0.25, 0.3) is 10.9 Å². The monoisotopic (exact) mass is 226 g/mol. The highest BCUT2D eigenvalue weighted by Gasteiger charge is 2.06. The van der Waals surface area contributed by atoms with Gasteiger partial charge in [0, 0.05) is 31.3 Å². The van der Waals surface area contributed by atoms with Crippen LogP contribution in [0.5, 0.6) is 0 Å². The number of likely N-dealkylation sites (N-methyl/N-ethyl adjacent to an activating group) is 1. The Kier molecular flexibility index (Phi) is 3.48. The van der Waals surface area contributed by atoms with Crippen LogP contribution in [-0.4, -0.2) is 23.1 Å². The second kappa shape index (κ2) is 5.05. The van der Waals surface area contributed by atoms with E-state index in [9.17, 15) is 0 Å². The molecule has 0 aliphatic heterocycles. The molecule has 2 rings (SSSR count). The molecule has 2 aromatic rings. The zero-order valence-corrected chi connectivity index (χ0v) is 10.5. The van der Waals surface area contributed by atoms with Crippen molar-refractivity contribution in [2.75, 3.05) is 13.6 Å². The summed E-state index contributed by atoms with van der Waals surface area (Å²) in [4.78, 5) is 2.24. The van der Waals surface area contributed by atoms with Gasteiger partial charge in [-0.15, -0.1) is 5.73 Å². The van der Waals surface area contributed by atoms with Crippen molar-refractivity contribution in [1.82, 2.24) is 9.47 Å². The minimum absolute atomic E-state index is 0.880. The predicted molar refractivity (Wildman–Crippen MR) is 73.0 cm³/mol. The zero-order chi connectivity index (χ0) is 12.3. The molecule has 2 heteroatoms. The number of rotatable bonds is 4. The first-order valence-corrected chi connectivity index (χ1v) is 5.78. The molecule has 0 amide bonds. The molecule has 2 nitrogen and oxygen atoms in total. The summed E-state index contributed by atoms with van der Waals surface area (Å²) in [5, 5.41) is 1.30. The summed E-state index contributed by atoms with van der Waals surface area (Å²) in [6, 6.07) is 10.7. The predicted octanol–water partition coefficient (Wildman–Crippen LogP) is 2.95. The molecule has 88 valence electrons. The average molecular weight is 226 g/mol. The van der Waals surface area contributed by atoms with Gasteiger partial charge in [0.2, 0.25) is 0 Å². The van der Waals surface area contributed by atoms with Crippen molar-refractivity contribution in [3.63, 3.8) is 0 Å². The molecule has 0 fully saturated rings. The molecular formula is C15H18N2. The summed E-state index contributed by atoms with van der Waals surface area (Å²) in [5.41, 5.74) is 5.41. The van der Waals surface area contributed by atoms with E-state index in [1.54, 1.807) is 0 Å². The van der Waals surface area contributed by atoms with E-state index < -0.39 is 0 Å². The highest BCUT2D eigenvalue weighted by Crippen LogP contribution is 2.19. The van der Waals surface area contributed by atoms with Crippen LogP contribution in [-0.2, 0) is 13.6 Å². The molecule has 1 aromatic carbocycles. The van der Waals surface area contributed by atoms with Crippen molar-refractivity contribution in [3.8, 4) is 0 Å². The Bertz CT molecular complexity index is 559. The molecule has 1 aromatic heterocycles. The summed E-state index contributed by atoms with van der Waals surface area (Å²) >= 11 is 0. The molecule has 0 saturated heterocycles. The van der Waals surface area contributed by atoms with E-state index in [4.69, 9.17) is 0 Å². The van der Waals surface area contributed by atoms with Crippen molar-refractivity contribution < 1.29 is 0 Å². The van der Waals surface area contributed by atoms with E-state index >= 15 is 0 Å². The smallest absolute Gasteiger partial charge is 0.0480 e. The lowest BCUT2D eigenvalue weighted by molar-refractivity contribution is 0.355. The number of fused-ring (bicyclic) bond motifs is 1. The van der Waals surface area contributed by atoms with Gasteiger partial charge in [-0.2, -0.15) is 0 Å². The number of aromatic nitrogens is 1. The van der Waals surface area contributed by atoms with Crippen LogP contribution >= 0.6 is 0 Å². The van der Waals surface area contributed by atoms with E-state index in [-0.39, 0.29) is 0 Å². The molecule has 0 saturated carbocycles. The molecular weight excluding hydrogens is 208 g/mol. The van der Waals surface area contributed by atoms with E-state index in [0.29, 0.717) is 0 Å². The summed E-state index contributed by atoms with van der Waals surface area (Å²) < 4.78 is 2.25. The minimum atomic E-state index is 0.880. The first-order valence-electron chi connectivity index (χ1n) is 5.78. The van der Waals surface area contributed by atoms with Crippen LogP contribution in [0.4, 0.5) is 0 Å².